The molecule has 11 heteroatoms. The number of hydrogen-bond acceptors (Lipinski definition) is 6. The SMILES string of the molecule is CN1CCc2c(sc(NC(=O)c3ccc(S(=O)(=O)N4CCc5ccccc54)cc3)c2C(N)=O)C1.Cl. The van der Waals surface area contributed by atoms with Crippen LogP contribution in [-0.4, -0.2) is 45.3 Å². The van der Waals surface area contributed by atoms with Gasteiger partial charge in [0.15, 0.2) is 0 Å². The monoisotopic (exact) mass is 532 g/mol. The predicted octanol–water partition coefficient (Wildman–Crippen LogP) is 3.26. The van der Waals surface area contributed by atoms with Gasteiger partial charge in [-0.3, -0.25) is 13.9 Å². The summed E-state index contributed by atoms with van der Waals surface area (Å²) in [6.45, 7) is 1.90. The Hall–Kier alpha value is -2.92. The Morgan fingerprint density at radius 2 is 1.74 bits per heavy atom. The number of benzene rings is 2. The van der Waals surface area contributed by atoms with Crippen molar-refractivity contribution in [3.05, 3.63) is 75.7 Å². The van der Waals surface area contributed by atoms with Gasteiger partial charge < -0.3 is 16.0 Å². The Bertz CT molecular complexity index is 1400. The number of carbonyl (C=O) groups is 2. The molecule has 35 heavy (non-hydrogen) atoms. The maximum Gasteiger partial charge on any atom is 0.264 e. The van der Waals surface area contributed by atoms with Crippen LogP contribution in [0.4, 0.5) is 10.7 Å². The summed E-state index contributed by atoms with van der Waals surface area (Å²) in [5.41, 5.74) is 8.87. The van der Waals surface area contributed by atoms with E-state index in [1.165, 1.54) is 39.9 Å². The molecule has 2 aliphatic heterocycles. The smallest absolute Gasteiger partial charge is 0.264 e. The maximum atomic E-state index is 13.2. The predicted molar refractivity (Wildman–Crippen MR) is 139 cm³/mol. The Labute approximate surface area is 214 Å². The maximum absolute atomic E-state index is 13.2. The van der Waals surface area contributed by atoms with Gasteiger partial charge in [-0.25, -0.2) is 8.42 Å². The fourth-order valence-electron chi connectivity index (χ4n) is 4.52. The first-order chi connectivity index (χ1) is 16.3. The molecule has 0 unspecified atom stereocenters. The van der Waals surface area contributed by atoms with Gasteiger partial charge in [-0.05, 0) is 61.3 Å². The molecule has 0 radical (unpaired) electrons. The number of nitrogens with two attached hydrogens (primary N) is 1. The van der Waals surface area contributed by atoms with Crippen LogP contribution >= 0.6 is 23.7 Å². The summed E-state index contributed by atoms with van der Waals surface area (Å²) in [6, 6.07) is 13.3. The Kier molecular flexibility index (Phi) is 6.92. The Morgan fingerprint density at radius 3 is 2.46 bits per heavy atom. The quantitative estimate of drug-likeness (QED) is 0.523. The summed E-state index contributed by atoms with van der Waals surface area (Å²) in [5, 5.41) is 3.24. The number of likely N-dealkylation sites (N-methyl/N-ethyl adjacent to an activating group) is 1. The van der Waals surface area contributed by atoms with Crippen molar-refractivity contribution in [1.29, 1.82) is 0 Å². The molecule has 0 aliphatic carbocycles. The van der Waals surface area contributed by atoms with Gasteiger partial charge in [-0.2, -0.15) is 0 Å². The third-order valence-electron chi connectivity index (χ3n) is 6.27. The molecule has 8 nitrogen and oxygen atoms in total. The largest absolute Gasteiger partial charge is 0.365 e. The van der Waals surface area contributed by atoms with Crippen molar-refractivity contribution >= 4 is 56.3 Å². The van der Waals surface area contributed by atoms with Crippen LogP contribution in [0.3, 0.4) is 0 Å². The third kappa shape index (κ3) is 4.54. The summed E-state index contributed by atoms with van der Waals surface area (Å²) in [7, 11) is -1.74. The molecule has 1 aromatic heterocycles. The molecule has 184 valence electrons. The number of fused-ring (bicyclic) bond motifs is 2. The molecule has 0 bridgehead atoms. The molecule has 0 atom stereocenters. The van der Waals surface area contributed by atoms with Crippen LogP contribution in [0.5, 0.6) is 0 Å². The first-order valence-electron chi connectivity index (χ1n) is 10.9. The van der Waals surface area contributed by atoms with Gasteiger partial charge in [-0.1, -0.05) is 18.2 Å². The van der Waals surface area contributed by atoms with Gasteiger partial charge in [0, 0.05) is 30.1 Å². The van der Waals surface area contributed by atoms with Crippen molar-refractivity contribution in [2.24, 2.45) is 5.73 Å². The van der Waals surface area contributed by atoms with E-state index >= 15 is 0 Å². The van der Waals surface area contributed by atoms with Gasteiger partial charge >= 0.3 is 0 Å². The number of hydrogen-bond donors (Lipinski definition) is 2. The van der Waals surface area contributed by atoms with E-state index in [2.05, 4.69) is 10.2 Å². The molecule has 5 rings (SSSR count). The average Bonchev–Trinajstić information content (AvgIpc) is 3.40. The summed E-state index contributed by atoms with van der Waals surface area (Å²) in [5.74, 6) is -0.991. The van der Waals surface area contributed by atoms with E-state index in [4.69, 9.17) is 5.73 Å². The molecule has 0 saturated heterocycles. The molecule has 0 fully saturated rings. The fraction of sp³-hybridized carbons (Fsp3) is 0.250. The zero-order chi connectivity index (χ0) is 24.0. The second-order valence-corrected chi connectivity index (χ2v) is 11.5. The second-order valence-electron chi connectivity index (χ2n) is 8.49. The third-order valence-corrected chi connectivity index (χ3v) is 9.23. The number of amides is 2. The molecule has 0 spiro atoms. The molecule has 2 amide bonds. The van der Waals surface area contributed by atoms with Crippen molar-refractivity contribution in [2.75, 3.05) is 29.8 Å². The van der Waals surface area contributed by atoms with E-state index < -0.39 is 21.8 Å². The zero-order valence-corrected chi connectivity index (χ0v) is 21.4. The average molecular weight is 533 g/mol. The fourth-order valence-corrected chi connectivity index (χ4v) is 7.35. The van der Waals surface area contributed by atoms with Gasteiger partial charge in [0.2, 0.25) is 0 Å². The lowest BCUT2D eigenvalue weighted by molar-refractivity contribution is 0.1000. The summed E-state index contributed by atoms with van der Waals surface area (Å²) < 4.78 is 27.8. The number of rotatable bonds is 5. The number of sulfonamides is 1. The number of anilines is 2. The first-order valence-corrected chi connectivity index (χ1v) is 13.2. The highest BCUT2D eigenvalue weighted by atomic mass is 35.5. The van der Waals surface area contributed by atoms with Gasteiger partial charge in [0.25, 0.3) is 21.8 Å². The van der Waals surface area contributed by atoms with Crippen molar-refractivity contribution in [2.45, 2.75) is 24.3 Å². The summed E-state index contributed by atoms with van der Waals surface area (Å²) in [6.07, 6.45) is 1.36. The minimum Gasteiger partial charge on any atom is -0.365 e. The molecule has 2 aliphatic rings. The molecular weight excluding hydrogens is 508 g/mol. The lowest BCUT2D eigenvalue weighted by Gasteiger charge is -2.22. The molecule has 3 heterocycles. The number of nitrogens with one attached hydrogen (secondary N) is 1. The van der Waals surface area contributed by atoms with Crippen LogP contribution in [0.25, 0.3) is 0 Å². The van der Waals surface area contributed by atoms with Crippen molar-refractivity contribution < 1.29 is 18.0 Å². The van der Waals surface area contributed by atoms with Gasteiger partial charge in [0.1, 0.15) is 5.00 Å². The van der Waals surface area contributed by atoms with Crippen LogP contribution in [-0.2, 0) is 29.4 Å². The number of halogens is 1. The highest BCUT2D eigenvalue weighted by Gasteiger charge is 2.31. The number of para-hydroxylation sites is 1. The van der Waals surface area contributed by atoms with Crippen LogP contribution in [0.2, 0.25) is 0 Å². The second kappa shape index (κ2) is 9.62. The van der Waals surface area contributed by atoms with E-state index in [1.54, 1.807) is 6.07 Å². The number of thiophene rings is 1. The van der Waals surface area contributed by atoms with Crippen LogP contribution in [0.15, 0.2) is 53.4 Å². The lowest BCUT2D eigenvalue weighted by Crippen LogP contribution is -2.29. The van der Waals surface area contributed by atoms with Gasteiger partial charge in [0.05, 0.1) is 16.1 Å². The molecule has 3 aromatic rings. The highest BCUT2D eigenvalue weighted by molar-refractivity contribution is 7.92. The summed E-state index contributed by atoms with van der Waals surface area (Å²) in [4.78, 5) is 28.3. The van der Waals surface area contributed by atoms with Crippen LogP contribution in [0.1, 0.15) is 36.7 Å². The van der Waals surface area contributed by atoms with E-state index in [9.17, 15) is 18.0 Å². The molecule has 3 N–H and O–H groups in total. The number of primary amides is 1. The van der Waals surface area contributed by atoms with Crippen LogP contribution in [0, 0.1) is 0 Å². The Balaban J connectivity index is 0.00000289. The zero-order valence-electron chi connectivity index (χ0n) is 19.0. The standard InChI is InChI=1S/C24H24N4O4S2.ClH/c1-27-12-11-18-20(14-27)33-24(21(18)22(25)29)26-23(30)16-6-8-17(9-7-16)34(31,32)28-13-10-15-4-2-3-5-19(15)28;/h2-9H,10-14H2,1H3,(H2,25,29)(H,26,30);1H. The molecular formula is C24H25ClN4O4S2. The highest BCUT2D eigenvalue weighted by Crippen LogP contribution is 2.37. The van der Waals surface area contributed by atoms with Crippen LogP contribution < -0.4 is 15.4 Å². The minimum absolute atomic E-state index is 0. The normalized spacial score (nSPS) is 15.2. The summed E-state index contributed by atoms with van der Waals surface area (Å²) >= 11 is 1.36. The molecule has 2 aromatic carbocycles. The van der Waals surface area contributed by atoms with E-state index in [1.807, 2.05) is 25.2 Å². The molecule has 0 saturated carbocycles. The Morgan fingerprint density at radius 1 is 1.03 bits per heavy atom. The van der Waals surface area contributed by atoms with Crippen molar-refractivity contribution in [3.8, 4) is 0 Å². The number of nitrogens with zero attached hydrogens (tertiary/aromatic N) is 2. The van der Waals surface area contributed by atoms with Crippen molar-refractivity contribution in [1.82, 2.24) is 4.90 Å². The van der Waals surface area contributed by atoms with E-state index in [0.29, 0.717) is 47.7 Å². The van der Waals surface area contributed by atoms with Crippen molar-refractivity contribution in [3.63, 3.8) is 0 Å². The number of carbonyl (C=O) groups excluding carboxylic acids is 2. The van der Waals surface area contributed by atoms with Gasteiger partial charge in [-0.15, -0.1) is 23.7 Å². The lowest BCUT2D eigenvalue weighted by atomic mass is 10.0. The minimum atomic E-state index is -3.74. The van der Waals surface area contributed by atoms with E-state index in [-0.39, 0.29) is 17.3 Å². The topological polar surface area (TPSA) is 113 Å². The first kappa shape index (κ1) is 25.2. The van der Waals surface area contributed by atoms with E-state index in [0.717, 1.165) is 22.5 Å².